The number of ether oxygens (including phenoxy) is 1. The number of fused-ring (bicyclic) bond motifs is 1. The first-order chi connectivity index (χ1) is 7.15. The van der Waals surface area contributed by atoms with Crippen LogP contribution in [0.1, 0.15) is 18.5 Å². The van der Waals surface area contributed by atoms with Crippen molar-refractivity contribution in [1.82, 2.24) is 9.97 Å². The van der Waals surface area contributed by atoms with Crippen LogP contribution in [-0.2, 0) is 5.60 Å². The van der Waals surface area contributed by atoms with Crippen LogP contribution >= 0.6 is 11.6 Å². The maximum atomic E-state index is 10.2. The van der Waals surface area contributed by atoms with Gasteiger partial charge in [-0.05, 0) is 24.4 Å². The van der Waals surface area contributed by atoms with Crippen LogP contribution in [0.25, 0.3) is 0 Å². The third-order valence-electron chi connectivity index (χ3n) is 2.42. The minimum Gasteiger partial charge on any atom is -0.490 e. The monoisotopic (exact) mass is 230 g/mol. The third-order valence-corrected chi connectivity index (χ3v) is 2.60. The molecule has 1 aromatic rings. The fourth-order valence-corrected chi connectivity index (χ4v) is 1.74. The topological polar surface area (TPSA) is 75.5 Å². The molecule has 82 valence electrons. The Morgan fingerprint density at radius 3 is 3.13 bits per heavy atom. The molecule has 0 aromatic carbocycles. The molecule has 0 aliphatic carbocycles. The highest BCUT2D eigenvalue weighted by atomic mass is 35.5. The molecule has 0 amide bonds. The zero-order chi connectivity index (χ0) is 10.9. The fraction of sp³-hybridized carbons (Fsp3) is 0.556. The van der Waals surface area contributed by atoms with Crippen molar-refractivity contribution >= 4 is 11.6 Å². The van der Waals surface area contributed by atoms with E-state index in [2.05, 4.69) is 9.97 Å². The zero-order valence-corrected chi connectivity index (χ0v) is 8.74. The average molecular weight is 231 g/mol. The van der Waals surface area contributed by atoms with Crippen molar-refractivity contribution in [2.24, 2.45) is 0 Å². The summed E-state index contributed by atoms with van der Waals surface area (Å²) in [5.41, 5.74) is -1.11. The van der Waals surface area contributed by atoms with Crippen LogP contribution in [0.2, 0.25) is 5.28 Å². The van der Waals surface area contributed by atoms with Crippen molar-refractivity contribution in [3.05, 3.63) is 17.2 Å². The van der Waals surface area contributed by atoms with Crippen molar-refractivity contribution < 1.29 is 14.9 Å². The van der Waals surface area contributed by atoms with Gasteiger partial charge in [-0.25, -0.2) is 9.97 Å². The largest absolute Gasteiger partial charge is 0.490 e. The molecule has 2 N–H and O–H groups in total. The smallest absolute Gasteiger partial charge is 0.222 e. The molecule has 5 nitrogen and oxygen atoms in total. The van der Waals surface area contributed by atoms with Gasteiger partial charge in [0.1, 0.15) is 11.3 Å². The molecule has 2 rings (SSSR count). The minimum atomic E-state index is -1.38. The first-order valence-electron chi connectivity index (χ1n) is 4.65. The van der Waals surface area contributed by atoms with Crippen LogP contribution in [0.5, 0.6) is 5.75 Å². The molecule has 0 saturated heterocycles. The number of rotatable bonds is 1. The van der Waals surface area contributed by atoms with Crippen LogP contribution in [0, 0.1) is 0 Å². The highest BCUT2D eigenvalue weighted by molar-refractivity contribution is 6.28. The summed E-state index contributed by atoms with van der Waals surface area (Å²) in [6.45, 7) is 0.0665. The Kier molecular flexibility index (Phi) is 2.77. The van der Waals surface area contributed by atoms with E-state index >= 15 is 0 Å². The summed E-state index contributed by atoms with van der Waals surface area (Å²) in [7, 11) is 0. The van der Waals surface area contributed by atoms with E-state index in [9.17, 15) is 10.2 Å². The standard InChI is InChI=1S/C9H11ClN2O3/c10-8-11-4-6-7(12-8)9(14,5-13)2-1-3-15-6/h4,13-14H,1-3,5H2. The molecule has 0 saturated carbocycles. The fourth-order valence-electron chi connectivity index (χ4n) is 1.61. The molecule has 1 atom stereocenters. The Morgan fingerprint density at radius 1 is 1.60 bits per heavy atom. The second kappa shape index (κ2) is 3.92. The van der Waals surface area contributed by atoms with Crippen molar-refractivity contribution in [2.75, 3.05) is 13.2 Å². The molecule has 1 aromatic heterocycles. The predicted molar refractivity (Wildman–Crippen MR) is 52.8 cm³/mol. The number of aromatic nitrogens is 2. The highest BCUT2D eigenvalue weighted by Crippen LogP contribution is 2.34. The molecule has 6 heteroatoms. The second-order valence-corrected chi connectivity index (χ2v) is 3.83. The molecule has 0 fully saturated rings. The average Bonchev–Trinajstić information content (AvgIpc) is 2.40. The van der Waals surface area contributed by atoms with Gasteiger partial charge in [0.25, 0.3) is 0 Å². The summed E-state index contributed by atoms with van der Waals surface area (Å²) >= 11 is 5.64. The quantitative estimate of drug-likeness (QED) is 0.687. The van der Waals surface area contributed by atoms with Gasteiger partial charge < -0.3 is 14.9 Å². The lowest BCUT2D eigenvalue weighted by Gasteiger charge is -2.23. The van der Waals surface area contributed by atoms with E-state index in [-0.39, 0.29) is 11.0 Å². The van der Waals surface area contributed by atoms with Crippen LogP contribution < -0.4 is 4.74 Å². The second-order valence-electron chi connectivity index (χ2n) is 3.49. The maximum absolute atomic E-state index is 10.2. The van der Waals surface area contributed by atoms with Gasteiger partial charge in [0.15, 0.2) is 5.75 Å². The minimum absolute atomic E-state index is 0.0334. The van der Waals surface area contributed by atoms with Crippen LogP contribution in [0.4, 0.5) is 0 Å². The van der Waals surface area contributed by atoms with E-state index in [0.29, 0.717) is 25.2 Å². The summed E-state index contributed by atoms with van der Waals surface area (Å²) in [5.74, 6) is 0.383. The number of aliphatic hydroxyl groups is 2. The van der Waals surface area contributed by atoms with Crippen LogP contribution in [0.15, 0.2) is 6.20 Å². The summed E-state index contributed by atoms with van der Waals surface area (Å²) < 4.78 is 5.35. The third kappa shape index (κ3) is 1.90. The predicted octanol–water partition coefficient (Wildman–Crippen LogP) is 0.482. The molecule has 15 heavy (non-hydrogen) atoms. The number of nitrogens with zero attached hydrogens (tertiary/aromatic N) is 2. The molecular formula is C9H11ClN2O3. The van der Waals surface area contributed by atoms with Gasteiger partial charge in [-0.1, -0.05) is 0 Å². The van der Waals surface area contributed by atoms with Crippen molar-refractivity contribution in [3.63, 3.8) is 0 Å². The number of hydrogen-bond donors (Lipinski definition) is 2. The molecular weight excluding hydrogens is 220 g/mol. The summed E-state index contributed by atoms with van der Waals surface area (Å²) in [6, 6.07) is 0. The lowest BCUT2D eigenvalue weighted by atomic mass is 9.95. The first-order valence-corrected chi connectivity index (χ1v) is 5.02. The van der Waals surface area contributed by atoms with E-state index in [1.54, 1.807) is 0 Å². The summed E-state index contributed by atoms with van der Waals surface area (Å²) in [6.07, 6.45) is 2.45. The molecule has 0 spiro atoms. The van der Waals surface area contributed by atoms with Gasteiger partial charge >= 0.3 is 0 Å². The summed E-state index contributed by atoms with van der Waals surface area (Å²) in [5, 5.41) is 19.4. The van der Waals surface area contributed by atoms with Gasteiger partial charge in [0.05, 0.1) is 19.4 Å². The van der Waals surface area contributed by atoms with Crippen molar-refractivity contribution in [2.45, 2.75) is 18.4 Å². The normalized spacial score (nSPS) is 25.3. The first kappa shape index (κ1) is 10.6. The lowest BCUT2D eigenvalue weighted by molar-refractivity contribution is -0.0289. The lowest BCUT2D eigenvalue weighted by Crippen LogP contribution is -2.31. The molecule has 1 unspecified atom stereocenters. The number of halogens is 1. The molecule has 2 heterocycles. The van der Waals surface area contributed by atoms with E-state index in [1.165, 1.54) is 6.20 Å². The van der Waals surface area contributed by atoms with Crippen LogP contribution in [-0.4, -0.2) is 33.4 Å². The van der Waals surface area contributed by atoms with Gasteiger partial charge in [0, 0.05) is 0 Å². The molecule has 0 radical (unpaired) electrons. The van der Waals surface area contributed by atoms with Gasteiger partial charge in [0.2, 0.25) is 5.28 Å². The number of aliphatic hydroxyl groups excluding tert-OH is 1. The van der Waals surface area contributed by atoms with Crippen molar-refractivity contribution in [1.29, 1.82) is 0 Å². The van der Waals surface area contributed by atoms with Gasteiger partial charge in [-0.3, -0.25) is 0 Å². The van der Waals surface area contributed by atoms with E-state index < -0.39 is 12.2 Å². The molecule has 1 aliphatic rings. The molecule has 1 aliphatic heterocycles. The van der Waals surface area contributed by atoms with E-state index in [1.807, 2.05) is 0 Å². The Labute approximate surface area is 91.7 Å². The van der Waals surface area contributed by atoms with Gasteiger partial charge in [-0.15, -0.1) is 0 Å². The molecule has 0 bridgehead atoms. The van der Waals surface area contributed by atoms with Crippen molar-refractivity contribution in [3.8, 4) is 5.75 Å². The Hall–Kier alpha value is -0.910. The Bertz CT molecular complexity index is 374. The van der Waals surface area contributed by atoms with Gasteiger partial charge in [-0.2, -0.15) is 0 Å². The Balaban J connectivity index is 2.52. The number of hydrogen-bond acceptors (Lipinski definition) is 5. The Morgan fingerprint density at radius 2 is 2.40 bits per heavy atom. The maximum Gasteiger partial charge on any atom is 0.222 e. The van der Waals surface area contributed by atoms with Crippen LogP contribution in [0.3, 0.4) is 0 Å². The van der Waals surface area contributed by atoms with E-state index in [4.69, 9.17) is 16.3 Å². The highest BCUT2D eigenvalue weighted by Gasteiger charge is 2.35. The zero-order valence-electron chi connectivity index (χ0n) is 7.98. The van der Waals surface area contributed by atoms with E-state index in [0.717, 1.165) is 0 Å². The SMILES string of the molecule is OCC1(O)CCCOc2cnc(Cl)nc21. The summed E-state index contributed by atoms with van der Waals surface area (Å²) in [4.78, 5) is 7.69.